The van der Waals surface area contributed by atoms with Crippen LogP contribution < -0.4 is 9.64 Å². The average molecular weight is 379 g/mol. The molecule has 0 spiro atoms. The Hall–Kier alpha value is -2.72. The lowest BCUT2D eigenvalue weighted by molar-refractivity contribution is 0.337. The van der Waals surface area contributed by atoms with Crippen LogP contribution in [0.5, 0.6) is 5.88 Å². The molecule has 1 saturated heterocycles. The second kappa shape index (κ2) is 6.78. The van der Waals surface area contributed by atoms with Crippen LogP contribution in [0.3, 0.4) is 0 Å². The van der Waals surface area contributed by atoms with Gasteiger partial charge in [-0.25, -0.2) is 4.98 Å². The van der Waals surface area contributed by atoms with E-state index in [2.05, 4.69) is 51.0 Å². The van der Waals surface area contributed by atoms with Gasteiger partial charge in [-0.3, -0.25) is 0 Å². The number of nitrogens with zero attached hydrogens (tertiary/aromatic N) is 4. The van der Waals surface area contributed by atoms with Gasteiger partial charge in [0, 0.05) is 29.2 Å². The Bertz CT molecular complexity index is 1030. The first-order chi connectivity index (χ1) is 13.0. The third-order valence-electron chi connectivity index (χ3n) is 4.78. The van der Waals surface area contributed by atoms with Crippen molar-refractivity contribution >= 4 is 28.6 Å². The molecule has 27 heavy (non-hydrogen) atoms. The van der Waals surface area contributed by atoms with Crippen molar-refractivity contribution in [2.75, 3.05) is 30.9 Å². The summed E-state index contributed by atoms with van der Waals surface area (Å²) in [6.07, 6.45) is 1.62. The fraction of sp³-hybridized carbons (Fsp3) is 0.350. The molecule has 0 bridgehead atoms. The number of thioether (sulfide) groups is 1. The van der Waals surface area contributed by atoms with E-state index >= 15 is 0 Å². The van der Waals surface area contributed by atoms with Crippen LogP contribution in [-0.4, -0.2) is 40.9 Å². The Kier molecular flexibility index (Phi) is 4.44. The first-order valence-corrected chi connectivity index (χ1v) is 9.87. The molecule has 4 rings (SSSR count). The maximum Gasteiger partial charge on any atom is 0.234 e. The lowest BCUT2D eigenvalue weighted by Gasteiger charge is -2.45. The van der Waals surface area contributed by atoms with Crippen molar-refractivity contribution in [2.45, 2.75) is 18.7 Å². The summed E-state index contributed by atoms with van der Waals surface area (Å²) in [5, 5.41) is 9.34. The quantitative estimate of drug-likeness (QED) is 0.673. The summed E-state index contributed by atoms with van der Waals surface area (Å²) in [4.78, 5) is 15.7. The highest BCUT2D eigenvalue weighted by Gasteiger charge is 2.40. The number of benzene rings is 1. The Balaban J connectivity index is 1.78. The molecule has 138 valence electrons. The topological polar surface area (TPSA) is 77.8 Å². The zero-order valence-corrected chi connectivity index (χ0v) is 16.4. The van der Waals surface area contributed by atoms with Gasteiger partial charge < -0.3 is 14.6 Å². The monoisotopic (exact) mass is 379 g/mol. The molecule has 0 aliphatic carbocycles. The second-order valence-electron chi connectivity index (χ2n) is 6.97. The summed E-state index contributed by atoms with van der Waals surface area (Å²) in [6.45, 7) is 5.63. The number of aromatic nitrogens is 3. The van der Waals surface area contributed by atoms with E-state index in [-0.39, 0.29) is 5.41 Å². The normalized spacial score (nSPS) is 15.4. The van der Waals surface area contributed by atoms with E-state index in [0.29, 0.717) is 11.5 Å². The molecule has 6 nitrogen and oxygen atoms in total. The number of nitrogens with one attached hydrogen (secondary N) is 1. The smallest absolute Gasteiger partial charge is 0.234 e. The molecular formula is C20H21N5OS. The minimum atomic E-state index is -0.273. The van der Waals surface area contributed by atoms with Crippen molar-refractivity contribution < 1.29 is 4.74 Å². The van der Waals surface area contributed by atoms with Crippen molar-refractivity contribution in [1.29, 1.82) is 5.26 Å². The minimum absolute atomic E-state index is 0.273. The van der Waals surface area contributed by atoms with Crippen LogP contribution in [0.15, 0.2) is 35.4 Å². The van der Waals surface area contributed by atoms with E-state index in [9.17, 15) is 5.26 Å². The van der Waals surface area contributed by atoms with Gasteiger partial charge in [0.05, 0.1) is 30.5 Å². The molecule has 1 N–H and O–H groups in total. The molecule has 7 heteroatoms. The Morgan fingerprint density at radius 2 is 2.19 bits per heavy atom. The number of methoxy groups -OCH3 is 1. The third kappa shape index (κ3) is 3.21. The van der Waals surface area contributed by atoms with E-state index in [1.807, 2.05) is 24.8 Å². The van der Waals surface area contributed by atoms with Crippen LogP contribution >= 0.6 is 11.8 Å². The van der Waals surface area contributed by atoms with Gasteiger partial charge >= 0.3 is 0 Å². The number of H-pyrrole nitrogens is 1. The van der Waals surface area contributed by atoms with Crippen molar-refractivity contribution in [2.24, 2.45) is 5.41 Å². The lowest BCUT2D eigenvalue weighted by Crippen LogP contribution is -2.54. The van der Waals surface area contributed by atoms with Gasteiger partial charge in [-0.1, -0.05) is 6.92 Å². The van der Waals surface area contributed by atoms with E-state index in [4.69, 9.17) is 4.74 Å². The van der Waals surface area contributed by atoms with Gasteiger partial charge in [-0.05, 0) is 36.9 Å². The van der Waals surface area contributed by atoms with E-state index < -0.39 is 0 Å². The number of aromatic amines is 1. The van der Waals surface area contributed by atoms with Gasteiger partial charge in [0.25, 0.3) is 0 Å². The van der Waals surface area contributed by atoms with Crippen molar-refractivity contribution in [3.8, 4) is 23.2 Å². The zero-order chi connectivity index (χ0) is 19.0. The number of hydrogen-bond donors (Lipinski definition) is 1. The largest absolute Gasteiger partial charge is 0.480 e. The molecule has 0 saturated carbocycles. The molecule has 0 amide bonds. The molecule has 2 aromatic heterocycles. The van der Waals surface area contributed by atoms with Gasteiger partial charge in [0.1, 0.15) is 5.52 Å². The van der Waals surface area contributed by atoms with E-state index in [0.717, 1.165) is 41.3 Å². The summed E-state index contributed by atoms with van der Waals surface area (Å²) < 4.78 is 5.18. The van der Waals surface area contributed by atoms with Crippen molar-refractivity contribution in [1.82, 2.24) is 15.0 Å². The van der Waals surface area contributed by atoms with Crippen LogP contribution in [0.1, 0.15) is 13.8 Å². The molecule has 1 fully saturated rings. The van der Waals surface area contributed by atoms with Crippen LogP contribution in [0.2, 0.25) is 0 Å². The third-order valence-corrected chi connectivity index (χ3v) is 5.66. The summed E-state index contributed by atoms with van der Waals surface area (Å²) in [5.41, 5.74) is 4.43. The Morgan fingerprint density at radius 1 is 1.37 bits per heavy atom. The van der Waals surface area contributed by atoms with Gasteiger partial charge in [-0.2, -0.15) is 10.2 Å². The van der Waals surface area contributed by atoms with Gasteiger partial charge in [-0.15, -0.1) is 11.8 Å². The number of nitriles is 1. The SMILES string of the molecule is CCSc1ccc(N2CC(C)(C#N)C2)c(-c2cc3ncc(OC)nc3[nH]2)c1. The molecule has 1 aromatic carbocycles. The molecule has 0 radical (unpaired) electrons. The second-order valence-corrected chi connectivity index (χ2v) is 8.31. The highest BCUT2D eigenvalue weighted by molar-refractivity contribution is 7.99. The van der Waals surface area contributed by atoms with Crippen molar-refractivity contribution in [3.63, 3.8) is 0 Å². The first-order valence-electron chi connectivity index (χ1n) is 8.88. The molecule has 0 unspecified atom stereocenters. The molecular weight excluding hydrogens is 358 g/mol. The minimum Gasteiger partial charge on any atom is -0.480 e. The number of hydrogen-bond acceptors (Lipinski definition) is 6. The number of ether oxygens (including phenoxy) is 1. The van der Waals surface area contributed by atoms with E-state index in [1.54, 1.807) is 13.3 Å². The Labute approximate surface area is 162 Å². The van der Waals surface area contributed by atoms with E-state index in [1.165, 1.54) is 4.90 Å². The molecule has 1 aliphatic rings. The number of anilines is 1. The first kappa shape index (κ1) is 17.7. The van der Waals surface area contributed by atoms with Crippen LogP contribution in [0, 0.1) is 16.7 Å². The molecule has 0 atom stereocenters. The van der Waals surface area contributed by atoms with Gasteiger partial charge in [0.2, 0.25) is 5.88 Å². The summed E-state index contributed by atoms with van der Waals surface area (Å²) >= 11 is 1.81. The van der Waals surface area contributed by atoms with Gasteiger partial charge in [0.15, 0.2) is 5.65 Å². The highest BCUT2D eigenvalue weighted by atomic mass is 32.2. The highest BCUT2D eigenvalue weighted by Crippen LogP contribution is 2.41. The summed E-state index contributed by atoms with van der Waals surface area (Å²) in [5.74, 6) is 1.50. The fourth-order valence-corrected chi connectivity index (χ4v) is 4.12. The standard InChI is InChI=1S/C20H21N5OS/c1-4-27-13-5-6-17(25-11-20(2,10-21)12-25)14(7-13)15-8-16-19(23-15)24-18(26-3)9-22-16/h5-9H,4,11-12H2,1-3H3,(H,23,24). The Morgan fingerprint density at radius 3 is 2.89 bits per heavy atom. The summed E-state index contributed by atoms with van der Waals surface area (Å²) in [6, 6.07) is 10.9. The van der Waals surface area contributed by atoms with Crippen LogP contribution in [0.4, 0.5) is 5.69 Å². The average Bonchev–Trinajstić information content (AvgIpc) is 3.09. The van der Waals surface area contributed by atoms with Crippen molar-refractivity contribution in [3.05, 3.63) is 30.5 Å². The number of rotatable bonds is 5. The zero-order valence-electron chi connectivity index (χ0n) is 15.6. The predicted molar refractivity (Wildman–Crippen MR) is 108 cm³/mol. The summed E-state index contributed by atoms with van der Waals surface area (Å²) in [7, 11) is 1.58. The molecule has 1 aliphatic heterocycles. The maximum atomic E-state index is 9.34. The fourth-order valence-electron chi connectivity index (χ4n) is 3.42. The number of fused-ring (bicyclic) bond motifs is 1. The van der Waals surface area contributed by atoms with Crippen LogP contribution in [-0.2, 0) is 0 Å². The molecule has 3 aromatic rings. The lowest BCUT2D eigenvalue weighted by atomic mass is 9.83. The van der Waals surface area contributed by atoms with Crippen LogP contribution in [0.25, 0.3) is 22.4 Å². The molecule has 3 heterocycles. The predicted octanol–water partition coefficient (Wildman–Crippen LogP) is 4.10. The maximum absolute atomic E-state index is 9.34.